The summed E-state index contributed by atoms with van der Waals surface area (Å²) in [7, 11) is 0. The van der Waals surface area contributed by atoms with Crippen molar-refractivity contribution in [1.29, 1.82) is 5.26 Å². The van der Waals surface area contributed by atoms with Crippen molar-refractivity contribution in [1.82, 2.24) is 15.1 Å². The predicted octanol–water partition coefficient (Wildman–Crippen LogP) is 0.965. The number of carbonyl (C=O) groups excluding carboxylic acids is 1. The Balaban J connectivity index is 2.29. The Morgan fingerprint density at radius 3 is 2.53 bits per heavy atom. The lowest BCUT2D eigenvalue weighted by molar-refractivity contribution is -0.120. The van der Waals surface area contributed by atoms with Crippen LogP contribution in [0.5, 0.6) is 0 Å². The number of piperazine rings is 1. The Bertz CT molecular complexity index is 356. The molecule has 0 aromatic heterocycles. The lowest BCUT2D eigenvalue weighted by Gasteiger charge is -2.35. The maximum absolute atomic E-state index is 11.6. The van der Waals surface area contributed by atoms with E-state index >= 15 is 0 Å². The summed E-state index contributed by atoms with van der Waals surface area (Å²) < 4.78 is 0. The topological polar surface area (TPSA) is 59.4 Å². The molecule has 0 saturated carbocycles. The van der Waals surface area contributed by atoms with Crippen LogP contribution in [0.4, 0.5) is 0 Å². The highest BCUT2D eigenvalue weighted by molar-refractivity contribution is 7.80. The first-order chi connectivity index (χ1) is 9.02. The highest BCUT2D eigenvalue weighted by atomic mass is 32.1. The molecule has 0 aliphatic carbocycles. The Morgan fingerprint density at radius 1 is 1.37 bits per heavy atom. The zero-order valence-corrected chi connectivity index (χ0v) is 12.5. The molecule has 1 amide bonds. The molecule has 0 radical (unpaired) electrons. The average Bonchev–Trinajstić information content (AvgIpc) is 2.35. The standard InChI is InChI=1S/C13H22N4OS/c1-11(2)10-12(18)15-13(19)17-8-6-16(7-9-17)5-3-4-14/h11H,3,5-10H2,1-2H3,(H,15,18,19). The number of rotatable bonds is 4. The molecule has 0 bridgehead atoms. The molecule has 106 valence electrons. The summed E-state index contributed by atoms with van der Waals surface area (Å²) in [6.07, 6.45) is 1.07. The number of nitriles is 1. The average molecular weight is 282 g/mol. The Morgan fingerprint density at radius 2 is 2.00 bits per heavy atom. The Hall–Kier alpha value is -1.19. The van der Waals surface area contributed by atoms with Gasteiger partial charge in [-0.1, -0.05) is 13.8 Å². The van der Waals surface area contributed by atoms with E-state index in [1.165, 1.54) is 0 Å². The van der Waals surface area contributed by atoms with Crippen molar-refractivity contribution in [3.63, 3.8) is 0 Å². The van der Waals surface area contributed by atoms with Crippen molar-refractivity contribution in [3.8, 4) is 6.07 Å². The van der Waals surface area contributed by atoms with Gasteiger partial charge in [-0.3, -0.25) is 9.69 Å². The first kappa shape index (κ1) is 15.9. The quantitative estimate of drug-likeness (QED) is 0.779. The van der Waals surface area contributed by atoms with Crippen LogP contribution < -0.4 is 5.32 Å². The van der Waals surface area contributed by atoms with Gasteiger partial charge >= 0.3 is 0 Å². The van der Waals surface area contributed by atoms with E-state index in [0.717, 1.165) is 32.7 Å². The molecule has 0 aromatic carbocycles. The second kappa shape index (κ2) is 8.08. The van der Waals surface area contributed by atoms with Gasteiger partial charge in [-0.25, -0.2) is 0 Å². The third-order valence-corrected chi connectivity index (χ3v) is 3.40. The molecule has 1 aliphatic heterocycles. The van der Waals surface area contributed by atoms with Gasteiger partial charge in [-0.15, -0.1) is 0 Å². The zero-order chi connectivity index (χ0) is 14.3. The normalized spacial score (nSPS) is 16.2. The van der Waals surface area contributed by atoms with Gasteiger partial charge in [0.1, 0.15) is 0 Å². The second-order valence-corrected chi connectivity index (χ2v) is 5.57. The highest BCUT2D eigenvalue weighted by Crippen LogP contribution is 2.04. The van der Waals surface area contributed by atoms with Gasteiger partial charge in [0, 0.05) is 45.6 Å². The van der Waals surface area contributed by atoms with Crippen LogP contribution in [0.3, 0.4) is 0 Å². The number of thiocarbonyl (C=S) groups is 1. The fourth-order valence-electron chi connectivity index (χ4n) is 2.00. The molecule has 19 heavy (non-hydrogen) atoms. The first-order valence-corrected chi connectivity index (χ1v) is 7.11. The maximum atomic E-state index is 11.6. The predicted molar refractivity (Wildman–Crippen MR) is 78.4 cm³/mol. The van der Waals surface area contributed by atoms with Crippen molar-refractivity contribution in [2.75, 3.05) is 32.7 Å². The Labute approximate surface area is 120 Å². The fraction of sp³-hybridized carbons (Fsp3) is 0.769. The molecular weight excluding hydrogens is 260 g/mol. The largest absolute Gasteiger partial charge is 0.346 e. The number of amides is 1. The minimum absolute atomic E-state index is 0.00749. The van der Waals surface area contributed by atoms with Crippen molar-refractivity contribution < 1.29 is 4.79 Å². The smallest absolute Gasteiger partial charge is 0.226 e. The minimum Gasteiger partial charge on any atom is -0.346 e. The molecule has 1 saturated heterocycles. The van der Waals surface area contributed by atoms with Crippen LogP contribution in [0, 0.1) is 17.2 Å². The van der Waals surface area contributed by atoms with Crippen LogP contribution in [0.1, 0.15) is 26.7 Å². The van der Waals surface area contributed by atoms with Gasteiger partial charge in [0.2, 0.25) is 5.91 Å². The molecule has 1 heterocycles. The minimum atomic E-state index is -0.00749. The van der Waals surface area contributed by atoms with Gasteiger partial charge in [-0.2, -0.15) is 5.26 Å². The van der Waals surface area contributed by atoms with Gasteiger partial charge in [-0.05, 0) is 18.1 Å². The Kier molecular flexibility index (Phi) is 6.74. The monoisotopic (exact) mass is 282 g/mol. The van der Waals surface area contributed by atoms with Gasteiger partial charge < -0.3 is 10.2 Å². The lowest BCUT2D eigenvalue weighted by atomic mass is 10.1. The second-order valence-electron chi connectivity index (χ2n) is 5.19. The number of hydrogen-bond acceptors (Lipinski definition) is 4. The molecule has 1 fully saturated rings. The summed E-state index contributed by atoms with van der Waals surface area (Å²) in [5.74, 6) is 0.331. The molecule has 1 aliphatic rings. The zero-order valence-electron chi connectivity index (χ0n) is 11.7. The van der Waals surface area contributed by atoms with Crippen molar-refractivity contribution in [2.24, 2.45) is 5.92 Å². The van der Waals surface area contributed by atoms with Crippen molar-refractivity contribution in [2.45, 2.75) is 26.7 Å². The van der Waals surface area contributed by atoms with Crippen LogP contribution >= 0.6 is 12.2 Å². The van der Waals surface area contributed by atoms with E-state index in [9.17, 15) is 4.79 Å². The SMILES string of the molecule is CC(C)CC(=O)NC(=S)N1CCN(CCC#N)CC1. The lowest BCUT2D eigenvalue weighted by Crippen LogP contribution is -2.52. The molecule has 1 rings (SSSR count). The number of carbonyl (C=O) groups is 1. The summed E-state index contributed by atoms with van der Waals surface area (Å²) in [6.45, 7) is 8.24. The third-order valence-electron chi connectivity index (χ3n) is 3.04. The summed E-state index contributed by atoms with van der Waals surface area (Å²) >= 11 is 5.25. The molecular formula is C13H22N4OS. The van der Waals surface area contributed by atoms with E-state index in [4.69, 9.17) is 17.5 Å². The first-order valence-electron chi connectivity index (χ1n) is 6.71. The van der Waals surface area contributed by atoms with Crippen LogP contribution in [0.15, 0.2) is 0 Å². The van der Waals surface area contributed by atoms with Gasteiger partial charge in [0.15, 0.2) is 5.11 Å². The fourth-order valence-corrected chi connectivity index (χ4v) is 2.30. The summed E-state index contributed by atoms with van der Waals surface area (Å²) in [4.78, 5) is 15.9. The molecule has 5 nitrogen and oxygen atoms in total. The van der Waals surface area contributed by atoms with E-state index in [0.29, 0.717) is 23.9 Å². The molecule has 0 spiro atoms. The van der Waals surface area contributed by atoms with Crippen molar-refractivity contribution >= 4 is 23.2 Å². The molecule has 6 heteroatoms. The van der Waals surface area contributed by atoms with Crippen LogP contribution in [-0.2, 0) is 4.79 Å². The summed E-state index contributed by atoms with van der Waals surface area (Å²) in [5, 5.41) is 11.9. The molecule has 0 atom stereocenters. The van der Waals surface area contributed by atoms with E-state index in [1.54, 1.807) is 0 Å². The number of nitrogens with one attached hydrogen (secondary N) is 1. The van der Waals surface area contributed by atoms with E-state index < -0.39 is 0 Å². The van der Waals surface area contributed by atoms with Crippen molar-refractivity contribution in [3.05, 3.63) is 0 Å². The van der Waals surface area contributed by atoms with Crippen LogP contribution in [0.25, 0.3) is 0 Å². The van der Waals surface area contributed by atoms with Crippen LogP contribution in [0.2, 0.25) is 0 Å². The number of hydrogen-bond donors (Lipinski definition) is 1. The molecule has 1 N–H and O–H groups in total. The third kappa shape index (κ3) is 5.99. The maximum Gasteiger partial charge on any atom is 0.226 e. The highest BCUT2D eigenvalue weighted by Gasteiger charge is 2.19. The summed E-state index contributed by atoms with van der Waals surface area (Å²) in [6, 6.07) is 2.16. The van der Waals surface area contributed by atoms with E-state index in [2.05, 4.69) is 16.3 Å². The van der Waals surface area contributed by atoms with Crippen LogP contribution in [-0.4, -0.2) is 53.5 Å². The summed E-state index contributed by atoms with van der Waals surface area (Å²) in [5.41, 5.74) is 0. The number of nitrogens with zero attached hydrogens (tertiary/aromatic N) is 3. The van der Waals surface area contributed by atoms with E-state index in [1.807, 2.05) is 18.7 Å². The molecule has 0 aromatic rings. The molecule has 0 unspecified atom stereocenters. The van der Waals surface area contributed by atoms with Gasteiger partial charge in [0.05, 0.1) is 6.07 Å². The van der Waals surface area contributed by atoms with E-state index in [-0.39, 0.29) is 5.91 Å². The van der Waals surface area contributed by atoms with Gasteiger partial charge in [0.25, 0.3) is 0 Å².